The SMILES string of the molecule is CCN(CC)C(=O)CCNc1cc(NC)nc(SC)n1. The Morgan fingerprint density at radius 3 is 2.50 bits per heavy atom. The van der Waals surface area contributed by atoms with E-state index in [0.717, 1.165) is 24.7 Å². The Balaban J connectivity index is 2.55. The predicted octanol–water partition coefficient (Wildman–Crippen LogP) is 1.91. The molecule has 20 heavy (non-hydrogen) atoms. The number of hydrogen-bond acceptors (Lipinski definition) is 6. The van der Waals surface area contributed by atoms with Crippen LogP contribution >= 0.6 is 11.8 Å². The van der Waals surface area contributed by atoms with Gasteiger partial charge in [-0.1, -0.05) is 11.8 Å². The molecule has 1 amide bonds. The van der Waals surface area contributed by atoms with Crippen LogP contribution in [-0.2, 0) is 4.79 Å². The number of rotatable bonds is 8. The molecule has 0 radical (unpaired) electrons. The molecule has 0 saturated carbocycles. The summed E-state index contributed by atoms with van der Waals surface area (Å²) in [5.74, 6) is 1.67. The Hall–Kier alpha value is -1.50. The average molecular weight is 297 g/mol. The van der Waals surface area contributed by atoms with Crippen molar-refractivity contribution in [1.29, 1.82) is 0 Å². The van der Waals surface area contributed by atoms with Crippen LogP contribution in [0.5, 0.6) is 0 Å². The fourth-order valence-corrected chi connectivity index (χ4v) is 2.15. The van der Waals surface area contributed by atoms with E-state index in [9.17, 15) is 4.79 Å². The van der Waals surface area contributed by atoms with E-state index in [1.165, 1.54) is 11.8 Å². The molecule has 2 N–H and O–H groups in total. The van der Waals surface area contributed by atoms with Crippen molar-refractivity contribution in [2.45, 2.75) is 25.4 Å². The standard InChI is InChI=1S/C13H23N5OS/c1-5-18(6-2)12(19)7-8-15-11-9-10(14-3)16-13(17-11)20-4/h9H,5-8H2,1-4H3,(H2,14,15,16,17). The monoisotopic (exact) mass is 297 g/mol. The summed E-state index contributed by atoms with van der Waals surface area (Å²) >= 11 is 1.49. The quantitative estimate of drug-likeness (QED) is 0.564. The second kappa shape index (κ2) is 8.63. The Labute approximate surface area is 124 Å². The van der Waals surface area contributed by atoms with Crippen LogP contribution in [0.2, 0.25) is 0 Å². The fraction of sp³-hybridized carbons (Fsp3) is 0.615. The third-order valence-electron chi connectivity index (χ3n) is 2.91. The Kier molecular flexibility index (Phi) is 7.14. The van der Waals surface area contributed by atoms with Gasteiger partial charge in [0.05, 0.1) is 0 Å². The van der Waals surface area contributed by atoms with E-state index >= 15 is 0 Å². The fourth-order valence-electron chi connectivity index (χ4n) is 1.77. The van der Waals surface area contributed by atoms with Gasteiger partial charge in [0.1, 0.15) is 11.6 Å². The first-order chi connectivity index (χ1) is 9.64. The Bertz CT molecular complexity index is 415. The third kappa shape index (κ3) is 4.88. The third-order valence-corrected chi connectivity index (χ3v) is 3.45. The minimum atomic E-state index is 0.162. The minimum Gasteiger partial charge on any atom is -0.373 e. The van der Waals surface area contributed by atoms with Crippen LogP contribution in [0.1, 0.15) is 20.3 Å². The number of amides is 1. The number of carbonyl (C=O) groups excluding carboxylic acids is 1. The Morgan fingerprint density at radius 2 is 1.95 bits per heavy atom. The highest BCUT2D eigenvalue weighted by atomic mass is 32.2. The molecule has 112 valence electrons. The van der Waals surface area contributed by atoms with E-state index in [0.29, 0.717) is 18.1 Å². The number of thioether (sulfide) groups is 1. The molecule has 0 aliphatic heterocycles. The summed E-state index contributed by atoms with van der Waals surface area (Å²) in [5, 5.41) is 6.88. The maximum Gasteiger partial charge on any atom is 0.224 e. The zero-order valence-corrected chi connectivity index (χ0v) is 13.4. The maximum atomic E-state index is 11.9. The number of anilines is 2. The second-order valence-electron chi connectivity index (χ2n) is 4.12. The Morgan fingerprint density at radius 1 is 1.30 bits per heavy atom. The van der Waals surface area contributed by atoms with Crippen molar-refractivity contribution >= 4 is 29.3 Å². The van der Waals surface area contributed by atoms with Gasteiger partial charge in [0.25, 0.3) is 0 Å². The van der Waals surface area contributed by atoms with Crippen molar-refractivity contribution in [3.8, 4) is 0 Å². The van der Waals surface area contributed by atoms with Gasteiger partial charge in [-0.2, -0.15) is 0 Å². The van der Waals surface area contributed by atoms with E-state index in [-0.39, 0.29) is 5.91 Å². The highest BCUT2D eigenvalue weighted by Crippen LogP contribution is 2.16. The first kappa shape index (κ1) is 16.6. The number of hydrogen-bond donors (Lipinski definition) is 2. The molecule has 1 rings (SSSR count). The van der Waals surface area contributed by atoms with Crippen molar-refractivity contribution in [3.63, 3.8) is 0 Å². The van der Waals surface area contributed by atoms with E-state index in [4.69, 9.17) is 0 Å². The summed E-state index contributed by atoms with van der Waals surface area (Å²) in [5.41, 5.74) is 0. The first-order valence-corrected chi connectivity index (χ1v) is 7.99. The van der Waals surface area contributed by atoms with Crippen molar-refractivity contribution in [2.75, 3.05) is 43.6 Å². The molecule has 0 unspecified atom stereocenters. The summed E-state index contributed by atoms with van der Waals surface area (Å²) in [6.45, 7) is 6.06. The second-order valence-corrected chi connectivity index (χ2v) is 4.89. The van der Waals surface area contributed by atoms with E-state index in [1.54, 1.807) is 0 Å². The summed E-state index contributed by atoms with van der Waals surface area (Å²) < 4.78 is 0. The first-order valence-electron chi connectivity index (χ1n) is 6.77. The normalized spacial score (nSPS) is 10.2. The maximum absolute atomic E-state index is 11.9. The van der Waals surface area contributed by atoms with Gasteiger partial charge in [-0.05, 0) is 20.1 Å². The molecule has 1 aromatic heterocycles. The minimum absolute atomic E-state index is 0.162. The van der Waals surface area contributed by atoms with Gasteiger partial charge in [-0.15, -0.1) is 0 Å². The van der Waals surface area contributed by atoms with E-state index < -0.39 is 0 Å². The molecule has 1 aromatic rings. The smallest absolute Gasteiger partial charge is 0.224 e. The molecule has 0 fully saturated rings. The van der Waals surface area contributed by atoms with Gasteiger partial charge >= 0.3 is 0 Å². The predicted molar refractivity (Wildman–Crippen MR) is 84.4 cm³/mol. The molecule has 6 nitrogen and oxygen atoms in total. The summed E-state index contributed by atoms with van der Waals surface area (Å²) in [7, 11) is 1.82. The van der Waals surface area contributed by atoms with Crippen molar-refractivity contribution < 1.29 is 4.79 Å². The molecule has 0 aromatic carbocycles. The molecule has 0 saturated heterocycles. The average Bonchev–Trinajstić information content (AvgIpc) is 2.48. The van der Waals surface area contributed by atoms with Gasteiger partial charge < -0.3 is 15.5 Å². The lowest BCUT2D eigenvalue weighted by Gasteiger charge is -2.18. The topological polar surface area (TPSA) is 70.2 Å². The van der Waals surface area contributed by atoms with Gasteiger partial charge in [-0.25, -0.2) is 9.97 Å². The van der Waals surface area contributed by atoms with Crippen molar-refractivity contribution in [2.24, 2.45) is 0 Å². The summed E-state index contributed by atoms with van der Waals surface area (Å²) in [4.78, 5) is 22.4. The molecule has 0 atom stereocenters. The highest BCUT2D eigenvalue weighted by Gasteiger charge is 2.09. The van der Waals surface area contributed by atoms with Gasteiger partial charge in [0.2, 0.25) is 5.91 Å². The molecule has 0 aliphatic carbocycles. The lowest BCUT2D eigenvalue weighted by atomic mass is 10.3. The van der Waals surface area contributed by atoms with Gasteiger partial charge in [0.15, 0.2) is 5.16 Å². The van der Waals surface area contributed by atoms with Gasteiger partial charge in [0, 0.05) is 39.2 Å². The van der Waals surface area contributed by atoms with Crippen LogP contribution in [0.3, 0.4) is 0 Å². The largest absolute Gasteiger partial charge is 0.373 e. The highest BCUT2D eigenvalue weighted by molar-refractivity contribution is 7.98. The molecule has 1 heterocycles. The van der Waals surface area contributed by atoms with Crippen LogP contribution < -0.4 is 10.6 Å². The zero-order valence-electron chi connectivity index (χ0n) is 12.6. The summed E-state index contributed by atoms with van der Waals surface area (Å²) in [6.07, 6.45) is 2.40. The summed E-state index contributed by atoms with van der Waals surface area (Å²) in [6, 6.07) is 1.83. The van der Waals surface area contributed by atoms with Crippen LogP contribution in [0.4, 0.5) is 11.6 Å². The van der Waals surface area contributed by atoms with Crippen LogP contribution in [0, 0.1) is 0 Å². The molecular formula is C13H23N5OS. The zero-order chi connectivity index (χ0) is 15.0. The number of nitrogens with zero attached hydrogens (tertiary/aromatic N) is 3. The molecule has 0 spiro atoms. The van der Waals surface area contributed by atoms with Crippen molar-refractivity contribution in [1.82, 2.24) is 14.9 Å². The molecule has 0 aliphatic rings. The molecule has 0 bridgehead atoms. The lowest BCUT2D eigenvalue weighted by Crippen LogP contribution is -2.31. The van der Waals surface area contributed by atoms with Crippen molar-refractivity contribution in [3.05, 3.63) is 6.07 Å². The van der Waals surface area contributed by atoms with E-state index in [2.05, 4.69) is 20.6 Å². The number of nitrogens with one attached hydrogen (secondary N) is 2. The van der Waals surface area contributed by atoms with Crippen LogP contribution in [0.25, 0.3) is 0 Å². The van der Waals surface area contributed by atoms with Crippen LogP contribution in [0.15, 0.2) is 11.2 Å². The molecular weight excluding hydrogens is 274 g/mol. The molecule has 7 heteroatoms. The van der Waals surface area contributed by atoms with E-state index in [1.807, 2.05) is 38.1 Å². The number of carbonyl (C=O) groups is 1. The lowest BCUT2D eigenvalue weighted by molar-refractivity contribution is -0.130. The number of aromatic nitrogens is 2. The van der Waals surface area contributed by atoms with Crippen LogP contribution in [-0.4, -0.2) is 53.7 Å². The van der Waals surface area contributed by atoms with Gasteiger partial charge in [-0.3, -0.25) is 4.79 Å².